The average Bonchev–Trinajstić information content (AvgIpc) is 3.99. The predicted octanol–water partition coefficient (Wildman–Crippen LogP) is 8.32. The van der Waals surface area contributed by atoms with Crippen LogP contribution in [-0.4, -0.2) is 87.9 Å². The smallest absolute Gasteiger partial charge is 0.329 e. The molecule has 1 aromatic heterocycles. The zero-order valence-electron chi connectivity index (χ0n) is 41.2. The van der Waals surface area contributed by atoms with Gasteiger partial charge in [0, 0.05) is 5.56 Å². The zero-order valence-corrected chi connectivity index (χ0v) is 42.0. The van der Waals surface area contributed by atoms with Gasteiger partial charge in [-0.2, -0.15) is 0 Å². The summed E-state index contributed by atoms with van der Waals surface area (Å²) in [5.41, 5.74) is -0.290. The third kappa shape index (κ3) is 9.08. The van der Waals surface area contributed by atoms with Crippen molar-refractivity contribution in [2.24, 2.45) is 11.8 Å². The summed E-state index contributed by atoms with van der Waals surface area (Å²) < 4.78 is 18.4. The molecule has 0 radical (unpaired) electrons. The molecule has 0 bridgehead atoms. The number of aliphatic hydroxyl groups is 2. The van der Waals surface area contributed by atoms with E-state index in [1.54, 1.807) is 56.3 Å². The van der Waals surface area contributed by atoms with E-state index in [1.165, 1.54) is 18.4 Å². The quantitative estimate of drug-likeness (QED) is 0.0551. The molecule has 1 aliphatic carbocycles. The summed E-state index contributed by atoms with van der Waals surface area (Å²) in [7, 11) is 1.21. The molecule has 74 heavy (non-hydrogen) atoms. The number of anilines is 2. The van der Waals surface area contributed by atoms with Crippen LogP contribution in [0.3, 0.4) is 0 Å². The van der Waals surface area contributed by atoms with Crippen LogP contribution in [0.25, 0.3) is 10.2 Å². The highest BCUT2D eigenvalue weighted by Gasteiger charge is 2.75. The SMILES string of the molecule is COC(=O)C(NC(=O)N1C(=O)C2(c3cc(C#CC4(O)CCCCCC4)ccc31)C(C(=O)Nc1nc3ccccc3s1)C1C(=O)OC(c3ccccc3)C(c3ccccc3)N1C2c1ccc(OCCO)cc1)C(C)C. The summed E-state index contributed by atoms with van der Waals surface area (Å²) in [5.74, 6) is 1.54. The summed E-state index contributed by atoms with van der Waals surface area (Å²) in [5, 5.41) is 27.5. The van der Waals surface area contributed by atoms with Gasteiger partial charge in [-0.15, -0.1) is 0 Å². The molecule has 1 saturated carbocycles. The van der Waals surface area contributed by atoms with Crippen LogP contribution in [0.4, 0.5) is 15.6 Å². The summed E-state index contributed by atoms with van der Waals surface area (Å²) in [6.07, 6.45) is 3.55. The number of benzene rings is 5. The van der Waals surface area contributed by atoms with Crippen molar-refractivity contribution in [3.05, 3.63) is 155 Å². The summed E-state index contributed by atoms with van der Waals surface area (Å²) in [6, 6.07) is 32.2. The van der Waals surface area contributed by atoms with E-state index >= 15 is 19.2 Å². The highest BCUT2D eigenvalue weighted by molar-refractivity contribution is 7.22. The Morgan fingerprint density at radius 2 is 1.53 bits per heavy atom. The largest absolute Gasteiger partial charge is 0.491 e. The van der Waals surface area contributed by atoms with Crippen LogP contribution in [0.5, 0.6) is 5.75 Å². The van der Waals surface area contributed by atoms with Gasteiger partial charge in [0.2, 0.25) is 11.8 Å². The van der Waals surface area contributed by atoms with E-state index in [0.29, 0.717) is 46.4 Å². The Labute approximate surface area is 432 Å². The van der Waals surface area contributed by atoms with Gasteiger partial charge in [0.05, 0.1) is 47.6 Å². The first-order chi connectivity index (χ1) is 35.9. The molecule has 2 saturated heterocycles. The van der Waals surface area contributed by atoms with Crippen molar-refractivity contribution < 1.29 is 48.4 Å². The lowest BCUT2D eigenvalue weighted by molar-refractivity contribution is -0.177. The maximum absolute atomic E-state index is 16.8. The highest BCUT2D eigenvalue weighted by Crippen LogP contribution is 2.66. The van der Waals surface area contributed by atoms with Gasteiger partial charge in [-0.05, 0) is 96.3 Å². The van der Waals surface area contributed by atoms with Crippen molar-refractivity contribution in [3.8, 4) is 17.6 Å². The van der Waals surface area contributed by atoms with E-state index in [-0.39, 0.29) is 29.6 Å². The molecule has 4 N–H and O–H groups in total. The number of para-hydroxylation sites is 1. The number of cyclic esters (lactones) is 1. The van der Waals surface area contributed by atoms with Gasteiger partial charge < -0.3 is 35.1 Å². The number of aliphatic hydroxyl groups excluding tert-OH is 1. The number of esters is 2. The summed E-state index contributed by atoms with van der Waals surface area (Å²) >= 11 is 1.23. The van der Waals surface area contributed by atoms with Gasteiger partial charge in [-0.1, -0.05) is 135 Å². The third-order valence-corrected chi connectivity index (χ3v) is 15.7. The lowest BCUT2D eigenvalue weighted by atomic mass is 9.65. The molecular formula is C58H57N5O10S. The lowest BCUT2D eigenvalue weighted by Gasteiger charge is -2.46. The molecule has 4 aliphatic rings. The first-order valence-electron chi connectivity index (χ1n) is 25.1. The van der Waals surface area contributed by atoms with Crippen molar-refractivity contribution in [1.82, 2.24) is 15.2 Å². The highest BCUT2D eigenvalue weighted by atomic mass is 32.1. The van der Waals surface area contributed by atoms with Gasteiger partial charge in [-0.25, -0.2) is 19.5 Å². The maximum Gasteiger partial charge on any atom is 0.329 e. The Morgan fingerprint density at radius 1 is 0.851 bits per heavy atom. The van der Waals surface area contributed by atoms with Crippen LogP contribution in [0.1, 0.15) is 98.4 Å². The predicted molar refractivity (Wildman–Crippen MR) is 278 cm³/mol. The minimum Gasteiger partial charge on any atom is -0.491 e. The fourth-order valence-corrected chi connectivity index (χ4v) is 12.3. The van der Waals surface area contributed by atoms with E-state index in [9.17, 15) is 15.0 Å². The van der Waals surface area contributed by atoms with Crippen LogP contribution >= 0.6 is 11.3 Å². The number of imide groups is 1. The number of rotatable bonds is 11. The number of carbonyl (C=O) groups is 5. The van der Waals surface area contributed by atoms with Crippen LogP contribution in [0.2, 0.25) is 0 Å². The topological polar surface area (TPSA) is 197 Å². The first-order valence-corrected chi connectivity index (χ1v) is 25.9. The molecule has 3 aliphatic heterocycles. The number of thiazole rings is 1. The molecule has 15 nitrogen and oxygen atoms in total. The van der Waals surface area contributed by atoms with Crippen LogP contribution < -0.4 is 20.3 Å². The third-order valence-electron chi connectivity index (χ3n) is 14.8. The fraction of sp³-hybridized carbons (Fsp3) is 0.345. The van der Waals surface area contributed by atoms with Crippen LogP contribution in [0.15, 0.2) is 127 Å². The average molecular weight is 1020 g/mol. The number of carbonyl (C=O) groups excluding carboxylic acids is 5. The van der Waals surface area contributed by atoms with Crippen molar-refractivity contribution >= 4 is 62.2 Å². The van der Waals surface area contributed by atoms with Gasteiger partial charge in [0.1, 0.15) is 41.6 Å². The molecule has 10 rings (SSSR count). The second kappa shape index (κ2) is 20.8. The first kappa shape index (κ1) is 50.1. The Balaban J connectivity index is 1.27. The van der Waals surface area contributed by atoms with E-state index in [0.717, 1.165) is 35.3 Å². The Bertz CT molecular complexity index is 3110. The van der Waals surface area contributed by atoms with Gasteiger partial charge in [0.25, 0.3) is 0 Å². The molecule has 6 aromatic rings. The number of hydrogen-bond acceptors (Lipinski definition) is 13. The number of hydrogen-bond donors (Lipinski definition) is 4. The Hall–Kier alpha value is -7.42. The van der Waals surface area contributed by atoms with E-state index in [2.05, 4.69) is 22.5 Å². The molecule has 3 fully saturated rings. The van der Waals surface area contributed by atoms with E-state index in [4.69, 9.17) is 19.2 Å². The summed E-state index contributed by atoms with van der Waals surface area (Å²) in [4.78, 5) is 84.6. The molecule has 7 atom stereocenters. The molecule has 5 aromatic carbocycles. The molecule has 4 amide bonds. The number of nitrogens with zero attached hydrogens (tertiary/aromatic N) is 3. The number of urea groups is 1. The second-order valence-corrected chi connectivity index (χ2v) is 20.7. The number of aromatic nitrogens is 1. The van der Waals surface area contributed by atoms with Crippen LogP contribution in [-0.2, 0) is 34.1 Å². The standard InChI is InChI=1S/C58H57N5O10S/c1-35(2)46(52(66)71-3)60-56(69)62-43-27-22-36(28-31-57(70)29-14-4-5-15-30-57)34-41(43)58(54(62)68)45(51(65)61-55-59-42-20-12-13-21-44(42)74-55)48-53(67)73-49(38-18-10-7-11-19-38)47(37-16-8-6-9-17-37)63(48)50(58)39-23-25-40(26-24-39)72-33-32-64/h6-13,16-27,34-35,45-50,64,70H,4-5,14-15,29-30,32-33H2,1-3H3,(H,60,69)(H,59,61,65). The minimum absolute atomic E-state index is 0.00736. The van der Waals surface area contributed by atoms with E-state index < -0.39 is 82.9 Å². The molecule has 380 valence electrons. The Morgan fingerprint density at radius 3 is 2.19 bits per heavy atom. The van der Waals surface area contributed by atoms with Gasteiger partial charge in [0.15, 0.2) is 5.13 Å². The number of ether oxygens (including phenoxy) is 3. The van der Waals surface area contributed by atoms with Crippen molar-refractivity contribution in [2.45, 2.75) is 93.7 Å². The zero-order chi connectivity index (χ0) is 51.7. The number of methoxy groups -OCH3 is 1. The maximum atomic E-state index is 16.8. The monoisotopic (exact) mass is 1020 g/mol. The Kier molecular flexibility index (Phi) is 14.1. The van der Waals surface area contributed by atoms with Crippen molar-refractivity contribution in [2.75, 3.05) is 30.5 Å². The second-order valence-electron chi connectivity index (χ2n) is 19.6. The molecule has 1 spiro atoms. The molecule has 16 heteroatoms. The van der Waals surface area contributed by atoms with Gasteiger partial charge >= 0.3 is 18.0 Å². The normalized spacial score (nSPS) is 23.5. The number of fused-ring (bicyclic) bond motifs is 4. The molecular weight excluding hydrogens is 959 g/mol. The molecule has 4 heterocycles. The van der Waals surface area contributed by atoms with Crippen molar-refractivity contribution in [1.29, 1.82) is 0 Å². The van der Waals surface area contributed by atoms with Crippen LogP contribution in [0, 0.1) is 23.7 Å². The van der Waals surface area contributed by atoms with E-state index in [1.807, 2.05) is 89.8 Å². The van der Waals surface area contributed by atoms with Crippen molar-refractivity contribution in [3.63, 3.8) is 0 Å². The van der Waals surface area contributed by atoms with Gasteiger partial charge in [-0.3, -0.25) is 19.3 Å². The fourth-order valence-electron chi connectivity index (χ4n) is 11.5. The minimum atomic E-state index is -2.17. The lowest BCUT2D eigenvalue weighted by Crippen LogP contribution is -2.57. The molecule has 7 unspecified atom stereocenters. The number of amides is 4. The number of morpholine rings is 1. The summed E-state index contributed by atoms with van der Waals surface area (Å²) in [6.45, 7) is 3.23. The number of nitrogens with one attached hydrogen (secondary N) is 2.